The van der Waals surface area contributed by atoms with Crippen molar-refractivity contribution in [1.82, 2.24) is 10.2 Å². The molecule has 0 radical (unpaired) electrons. The number of nitrogens with zero attached hydrogens (tertiary/aromatic N) is 1. The average molecular weight is 282 g/mol. The van der Waals surface area contributed by atoms with Crippen LogP contribution >= 0.6 is 0 Å². The number of piperidine rings is 1. The van der Waals surface area contributed by atoms with Crippen LogP contribution in [0.25, 0.3) is 0 Å². The van der Waals surface area contributed by atoms with E-state index in [-0.39, 0.29) is 0 Å². The topological polar surface area (TPSA) is 15.3 Å². The minimum atomic E-state index is -0.476. The van der Waals surface area contributed by atoms with E-state index in [1.807, 2.05) is 0 Å². The Kier molecular flexibility index (Phi) is 5.92. The minimum Gasteiger partial charge on any atom is -0.313 e. The molecule has 1 N–H and O–H groups in total. The molecule has 1 aromatic rings. The number of nitrogens with one attached hydrogen (secondary N) is 1. The molecular formula is C16H24F2N2. The molecule has 2 rings (SSSR count). The van der Waals surface area contributed by atoms with Crippen molar-refractivity contribution in [2.75, 3.05) is 26.2 Å². The summed E-state index contributed by atoms with van der Waals surface area (Å²) in [6.07, 6.45) is 5.06. The van der Waals surface area contributed by atoms with Crippen LogP contribution in [0.1, 0.15) is 36.8 Å². The summed E-state index contributed by atoms with van der Waals surface area (Å²) in [7, 11) is 0. The SMILES string of the molecule is Cc1cc(CNCCCN2CCCCC2)c(F)cc1F. The standard InChI is InChI=1S/C16H24F2N2/c1-13-10-14(16(18)11-15(13)17)12-19-6-5-9-20-7-3-2-4-8-20/h10-11,19H,2-9,12H2,1H3. The van der Waals surface area contributed by atoms with Gasteiger partial charge >= 0.3 is 0 Å². The fraction of sp³-hybridized carbons (Fsp3) is 0.625. The van der Waals surface area contributed by atoms with E-state index in [2.05, 4.69) is 10.2 Å². The van der Waals surface area contributed by atoms with Gasteiger partial charge in [-0.05, 0) is 64.0 Å². The van der Waals surface area contributed by atoms with Gasteiger partial charge < -0.3 is 10.2 Å². The molecule has 0 unspecified atom stereocenters. The van der Waals surface area contributed by atoms with Crippen molar-refractivity contribution in [3.05, 3.63) is 34.9 Å². The van der Waals surface area contributed by atoms with Gasteiger partial charge in [-0.15, -0.1) is 0 Å². The van der Waals surface area contributed by atoms with Crippen LogP contribution in [-0.2, 0) is 6.54 Å². The Bertz CT molecular complexity index is 429. The molecule has 0 saturated carbocycles. The van der Waals surface area contributed by atoms with Crippen LogP contribution in [0.15, 0.2) is 12.1 Å². The number of rotatable bonds is 6. The molecule has 1 aliphatic heterocycles. The summed E-state index contributed by atoms with van der Waals surface area (Å²) in [4.78, 5) is 2.49. The van der Waals surface area contributed by atoms with Crippen LogP contribution in [0, 0.1) is 18.6 Å². The van der Waals surface area contributed by atoms with Crippen molar-refractivity contribution >= 4 is 0 Å². The Labute approximate surface area is 120 Å². The van der Waals surface area contributed by atoms with Crippen LogP contribution in [0.4, 0.5) is 8.78 Å². The molecule has 0 aliphatic carbocycles. The number of aryl methyl sites for hydroxylation is 1. The zero-order valence-electron chi connectivity index (χ0n) is 12.2. The monoisotopic (exact) mass is 282 g/mol. The highest BCUT2D eigenvalue weighted by Gasteiger charge is 2.09. The average Bonchev–Trinajstić information content (AvgIpc) is 2.45. The zero-order chi connectivity index (χ0) is 14.4. The summed E-state index contributed by atoms with van der Waals surface area (Å²) in [6, 6.07) is 2.56. The molecule has 1 aromatic carbocycles. The van der Waals surface area contributed by atoms with E-state index in [4.69, 9.17) is 0 Å². The van der Waals surface area contributed by atoms with Crippen molar-refractivity contribution in [3.8, 4) is 0 Å². The van der Waals surface area contributed by atoms with Gasteiger partial charge in [-0.25, -0.2) is 8.78 Å². The van der Waals surface area contributed by atoms with Crippen molar-refractivity contribution in [3.63, 3.8) is 0 Å². The lowest BCUT2D eigenvalue weighted by molar-refractivity contribution is 0.225. The second-order valence-corrected chi connectivity index (χ2v) is 5.63. The van der Waals surface area contributed by atoms with Gasteiger partial charge in [-0.3, -0.25) is 0 Å². The molecular weight excluding hydrogens is 258 g/mol. The second kappa shape index (κ2) is 7.70. The first-order chi connectivity index (χ1) is 9.66. The molecule has 1 saturated heterocycles. The minimum absolute atomic E-state index is 0.461. The number of hydrogen-bond donors (Lipinski definition) is 1. The highest BCUT2D eigenvalue weighted by Crippen LogP contribution is 2.14. The van der Waals surface area contributed by atoms with Gasteiger partial charge in [-0.2, -0.15) is 0 Å². The first-order valence-electron chi connectivity index (χ1n) is 7.54. The predicted octanol–water partition coefficient (Wildman–Crippen LogP) is 3.24. The Balaban J connectivity index is 1.66. The first-order valence-corrected chi connectivity index (χ1v) is 7.54. The lowest BCUT2D eigenvalue weighted by Gasteiger charge is -2.26. The summed E-state index contributed by atoms with van der Waals surface area (Å²) in [5.41, 5.74) is 1.04. The molecule has 0 atom stereocenters. The molecule has 1 fully saturated rings. The van der Waals surface area contributed by atoms with Crippen LogP contribution in [0.3, 0.4) is 0 Å². The first kappa shape index (κ1) is 15.4. The quantitative estimate of drug-likeness (QED) is 0.806. The zero-order valence-corrected chi connectivity index (χ0v) is 12.2. The Morgan fingerprint density at radius 1 is 1.10 bits per heavy atom. The molecule has 1 heterocycles. The molecule has 20 heavy (non-hydrogen) atoms. The van der Waals surface area contributed by atoms with E-state index in [0.717, 1.165) is 25.6 Å². The lowest BCUT2D eigenvalue weighted by Crippen LogP contribution is -2.32. The maximum Gasteiger partial charge on any atom is 0.130 e. The Hall–Kier alpha value is -1.00. The highest BCUT2D eigenvalue weighted by molar-refractivity contribution is 5.25. The summed E-state index contributed by atoms with van der Waals surface area (Å²) < 4.78 is 26.7. The van der Waals surface area contributed by atoms with E-state index >= 15 is 0 Å². The third kappa shape index (κ3) is 4.53. The van der Waals surface area contributed by atoms with E-state index in [1.54, 1.807) is 13.0 Å². The molecule has 0 spiro atoms. The predicted molar refractivity (Wildman–Crippen MR) is 77.7 cm³/mol. The van der Waals surface area contributed by atoms with E-state index < -0.39 is 11.6 Å². The van der Waals surface area contributed by atoms with E-state index in [0.29, 0.717) is 17.7 Å². The van der Waals surface area contributed by atoms with Crippen LogP contribution < -0.4 is 5.32 Å². The van der Waals surface area contributed by atoms with Crippen LogP contribution in [0.5, 0.6) is 0 Å². The maximum absolute atomic E-state index is 13.5. The van der Waals surface area contributed by atoms with Crippen LogP contribution in [-0.4, -0.2) is 31.1 Å². The van der Waals surface area contributed by atoms with Gasteiger partial charge in [0.15, 0.2) is 0 Å². The number of halogens is 2. The van der Waals surface area contributed by atoms with E-state index in [1.165, 1.54) is 32.4 Å². The van der Waals surface area contributed by atoms with Gasteiger partial charge in [0.1, 0.15) is 11.6 Å². The molecule has 4 heteroatoms. The van der Waals surface area contributed by atoms with Gasteiger partial charge in [0, 0.05) is 18.2 Å². The third-order valence-electron chi connectivity index (χ3n) is 3.92. The van der Waals surface area contributed by atoms with Crippen molar-refractivity contribution in [1.29, 1.82) is 0 Å². The smallest absolute Gasteiger partial charge is 0.130 e. The van der Waals surface area contributed by atoms with Crippen LogP contribution in [0.2, 0.25) is 0 Å². The number of likely N-dealkylation sites (tertiary alicyclic amines) is 1. The fourth-order valence-electron chi connectivity index (χ4n) is 2.69. The maximum atomic E-state index is 13.5. The third-order valence-corrected chi connectivity index (χ3v) is 3.92. The lowest BCUT2D eigenvalue weighted by atomic mass is 10.1. The molecule has 2 nitrogen and oxygen atoms in total. The Morgan fingerprint density at radius 2 is 1.85 bits per heavy atom. The highest BCUT2D eigenvalue weighted by atomic mass is 19.1. The number of benzene rings is 1. The largest absolute Gasteiger partial charge is 0.313 e. The molecule has 0 bridgehead atoms. The summed E-state index contributed by atoms with van der Waals surface area (Å²) in [5, 5.41) is 3.24. The van der Waals surface area contributed by atoms with E-state index in [9.17, 15) is 8.78 Å². The van der Waals surface area contributed by atoms with Gasteiger partial charge in [0.25, 0.3) is 0 Å². The summed E-state index contributed by atoms with van der Waals surface area (Å²) in [6.45, 7) is 6.53. The normalized spacial score (nSPS) is 16.6. The number of hydrogen-bond acceptors (Lipinski definition) is 2. The van der Waals surface area contributed by atoms with Gasteiger partial charge in [0.05, 0.1) is 0 Å². The van der Waals surface area contributed by atoms with Gasteiger partial charge in [0.2, 0.25) is 0 Å². The second-order valence-electron chi connectivity index (χ2n) is 5.63. The Morgan fingerprint density at radius 3 is 2.60 bits per heavy atom. The fourth-order valence-corrected chi connectivity index (χ4v) is 2.69. The van der Waals surface area contributed by atoms with Crippen molar-refractivity contribution < 1.29 is 8.78 Å². The summed E-state index contributed by atoms with van der Waals surface area (Å²) >= 11 is 0. The van der Waals surface area contributed by atoms with Crippen molar-refractivity contribution in [2.24, 2.45) is 0 Å². The van der Waals surface area contributed by atoms with Crippen molar-refractivity contribution in [2.45, 2.75) is 39.2 Å². The molecule has 0 amide bonds. The summed E-state index contributed by atoms with van der Waals surface area (Å²) in [5.74, 6) is -0.937. The van der Waals surface area contributed by atoms with Gasteiger partial charge in [-0.1, -0.05) is 6.42 Å². The molecule has 0 aromatic heterocycles. The molecule has 112 valence electrons. The molecule has 1 aliphatic rings.